The molecule has 149 valence electrons. The van der Waals surface area contributed by atoms with E-state index in [1.54, 1.807) is 0 Å². The molecule has 0 saturated heterocycles. The van der Waals surface area contributed by atoms with E-state index >= 15 is 0 Å². The molecule has 0 atom stereocenters. The van der Waals surface area contributed by atoms with Crippen LogP contribution >= 0.6 is 0 Å². The van der Waals surface area contributed by atoms with Crippen LogP contribution in [0.5, 0.6) is 0 Å². The lowest BCUT2D eigenvalue weighted by Gasteiger charge is -2.09. The van der Waals surface area contributed by atoms with E-state index in [1.807, 2.05) is 60.7 Å². The van der Waals surface area contributed by atoms with Crippen molar-refractivity contribution in [1.29, 1.82) is 0 Å². The molecule has 0 aliphatic carbocycles. The Morgan fingerprint density at radius 3 is 1.72 bits per heavy atom. The topological polar surface area (TPSA) is 0 Å². The summed E-state index contributed by atoms with van der Waals surface area (Å²) in [6.45, 7) is 0. The third-order valence-electron chi connectivity index (χ3n) is 5.49. The highest BCUT2D eigenvalue weighted by Gasteiger charge is 2.06. The van der Waals surface area contributed by atoms with Crippen molar-refractivity contribution in [2.24, 2.45) is 0 Å². The molecule has 0 unspecified atom stereocenters. The molecule has 7 aromatic carbocycles. The zero-order valence-corrected chi connectivity index (χ0v) is 17.6. The molecule has 0 saturated carbocycles. The maximum atomic E-state index is 3.31. The molecule has 0 spiro atoms. The van der Waals surface area contributed by atoms with Gasteiger partial charge >= 0.3 is 0 Å². The minimum atomic E-state index is 1.19. The van der Waals surface area contributed by atoms with Gasteiger partial charge < -0.3 is 0 Å². The lowest BCUT2D eigenvalue weighted by atomic mass is 9.95. The SMILES string of the molecule is [c]1ccc2ccc3cccc4ccc1c2c43.[c]1cccc2ccccc12.[c]1ccccc1. The summed E-state index contributed by atoms with van der Waals surface area (Å²) < 4.78 is 0. The summed E-state index contributed by atoms with van der Waals surface area (Å²) in [5, 5.41) is 10.3. The van der Waals surface area contributed by atoms with Crippen molar-refractivity contribution in [2.75, 3.05) is 0 Å². The summed E-state index contributed by atoms with van der Waals surface area (Å²) in [5.41, 5.74) is 0. The van der Waals surface area contributed by atoms with Gasteiger partial charge in [0.05, 0.1) is 0 Å². The third kappa shape index (κ3) is 4.17. The lowest BCUT2D eigenvalue weighted by molar-refractivity contribution is 1.70. The first-order chi connectivity index (χ1) is 15.9. The van der Waals surface area contributed by atoms with Crippen LogP contribution in [-0.4, -0.2) is 0 Å². The predicted molar refractivity (Wildman–Crippen MR) is 137 cm³/mol. The molecule has 0 aliphatic heterocycles. The van der Waals surface area contributed by atoms with Gasteiger partial charge in [-0.3, -0.25) is 0 Å². The Balaban J connectivity index is 0.000000115. The lowest BCUT2D eigenvalue weighted by Crippen LogP contribution is -1.82. The van der Waals surface area contributed by atoms with Gasteiger partial charge in [-0.2, -0.15) is 0 Å². The quantitative estimate of drug-likeness (QED) is 0.222. The zero-order chi connectivity index (χ0) is 21.6. The Kier molecular flexibility index (Phi) is 5.76. The molecular weight excluding hydrogens is 384 g/mol. The minimum absolute atomic E-state index is 1.19. The number of hydrogen-bond donors (Lipinski definition) is 0. The Hall–Kier alpha value is -4.16. The van der Waals surface area contributed by atoms with Gasteiger partial charge in [0.15, 0.2) is 0 Å². The summed E-state index contributed by atoms with van der Waals surface area (Å²) in [6.07, 6.45) is 0. The van der Waals surface area contributed by atoms with Crippen molar-refractivity contribution in [3.63, 3.8) is 0 Å². The molecule has 0 aromatic heterocycles. The molecule has 0 amide bonds. The molecule has 0 heteroatoms. The second-order valence-electron chi connectivity index (χ2n) is 7.53. The molecule has 0 aliphatic rings. The van der Waals surface area contributed by atoms with Crippen LogP contribution in [0.3, 0.4) is 0 Å². The van der Waals surface area contributed by atoms with Crippen LogP contribution in [0.1, 0.15) is 0 Å². The van der Waals surface area contributed by atoms with E-state index in [0.717, 1.165) is 0 Å². The van der Waals surface area contributed by atoms with Crippen LogP contribution in [0.2, 0.25) is 0 Å². The van der Waals surface area contributed by atoms with Gasteiger partial charge in [0.25, 0.3) is 0 Å². The van der Waals surface area contributed by atoms with E-state index in [4.69, 9.17) is 0 Å². The summed E-state index contributed by atoms with van der Waals surface area (Å²) in [5.74, 6) is 0. The molecule has 0 nitrogen and oxygen atoms in total. The van der Waals surface area contributed by atoms with Gasteiger partial charge in [-0.15, -0.1) is 0 Å². The average Bonchev–Trinajstić information content (AvgIpc) is 2.89. The van der Waals surface area contributed by atoms with E-state index < -0.39 is 0 Å². The van der Waals surface area contributed by atoms with Crippen LogP contribution in [0.25, 0.3) is 43.1 Å². The maximum absolute atomic E-state index is 3.31. The molecule has 32 heavy (non-hydrogen) atoms. The largest absolute Gasteiger partial charge is 0.0622 e. The van der Waals surface area contributed by atoms with E-state index in [1.165, 1.54) is 43.1 Å². The van der Waals surface area contributed by atoms with E-state index in [-0.39, 0.29) is 0 Å². The first-order valence-corrected chi connectivity index (χ1v) is 10.7. The van der Waals surface area contributed by atoms with E-state index in [0.29, 0.717) is 0 Å². The van der Waals surface area contributed by atoms with Crippen LogP contribution in [0, 0.1) is 18.2 Å². The Morgan fingerprint density at radius 1 is 0.344 bits per heavy atom. The van der Waals surface area contributed by atoms with Crippen LogP contribution in [0.4, 0.5) is 0 Å². The molecule has 7 aromatic rings. The van der Waals surface area contributed by atoms with Gasteiger partial charge in [0.2, 0.25) is 0 Å². The van der Waals surface area contributed by atoms with Crippen LogP contribution in [-0.2, 0) is 0 Å². The van der Waals surface area contributed by atoms with Gasteiger partial charge in [-0.1, -0.05) is 127 Å². The number of benzene rings is 7. The van der Waals surface area contributed by atoms with Crippen molar-refractivity contribution in [3.8, 4) is 0 Å². The Bertz CT molecular complexity index is 1340. The number of hydrogen-bond acceptors (Lipinski definition) is 0. The Morgan fingerprint density at radius 2 is 1.00 bits per heavy atom. The Labute approximate surface area is 188 Å². The van der Waals surface area contributed by atoms with E-state index in [9.17, 15) is 0 Å². The van der Waals surface area contributed by atoms with E-state index in [2.05, 4.69) is 84.9 Å². The minimum Gasteiger partial charge on any atom is -0.0622 e. The monoisotopic (exact) mass is 405 g/mol. The highest BCUT2D eigenvalue weighted by molar-refractivity contribution is 6.22. The fourth-order valence-electron chi connectivity index (χ4n) is 3.99. The highest BCUT2D eigenvalue weighted by atomic mass is 14.1. The normalized spacial score (nSPS) is 10.5. The highest BCUT2D eigenvalue weighted by Crippen LogP contribution is 2.33. The van der Waals surface area contributed by atoms with Crippen molar-refractivity contribution >= 4 is 43.1 Å². The van der Waals surface area contributed by atoms with Gasteiger partial charge in [0, 0.05) is 0 Å². The smallest absolute Gasteiger partial charge is 0.00206 e. The fraction of sp³-hybridized carbons (Fsp3) is 0. The molecule has 0 N–H and O–H groups in total. The predicted octanol–water partition coefficient (Wildman–Crippen LogP) is 8.51. The van der Waals surface area contributed by atoms with Crippen LogP contribution < -0.4 is 0 Å². The average molecular weight is 406 g/mol. The van der Waals surface area contributed by atoms with Crippen molar-refractivity contribution in [2.45, 2.75) is 0 Å². The maximum Gasteiger partial charge on any atom is -0.00206 e. The standard InChI is InChI=1S/C16H9.C10H7.C6H5/c1-3-11-7-9-13-5-2-6-14-10-8-12(4-1)15(11)16(13)14;1-2-6-10-8-4-3-7-9(10)5-1;1-2-4-6-5-3-1/h1-5,7-10H;1-7H;1-5H. The summed E-state index contributed by atoms with van der Waals surface area (Å²) in [7, 11) is 0. The second kappa shape index (κ2) is 9.32. The zero-order valence-electron chi connectivity index (χ0n) is 17.6. The number of rotatable bonds is 0. The first-order valence-electron chi connectivity index (χ1n) is 10.7. The van der Waals surface area contributed by atoms with Crippen molar-refractivity contribution in [1.82, 2.24) is 0 Å². The van der Waals surface area contributed by atoms with Gasteiger partial charge in [-0.25, -0.2) is 0 Å². The van der Waals surface area contributed by atoms with Crippen molar-refractivity contribution in [3.05, 3.63) is 146 Å². The summed E-state index contributed by atoms with van der Waals surface area (Å²) in [4.78, 5) is 0. The van der Waals surface area contributed by atoms with Crippen LogP contribution in [0.15, 0.2) is 127 Å². The molecule has 3 radical (unpaired) electrons. The molecule has 7 rings (SSSR count). The van der Waals surface area contributed by atoms with Gasteiger partial charge in [0.1, 0.15) is 0 Å². The fourth-order valence-corrected chi connectivity index (χ4v) is 3.99. The molecular formula is C32H21. The summed E-state index contributed by atoms with van der Waals surface area (Å²) in [6, 6.07) is 52.5. The number of fused-ring (bicyclic) bond motifs is 1. The third-order valence-corrected chi connectivity index (χ3v) is 5.49. The molecule has 0 bridgehead atoms. The summed E-state index contributed by atoms with van der Waals surface area (Å²) >= 11 is 0. The second-order valence-corrected chi connectivity index (χ2v) is 7.53. The first kappa shape index (κ1) is 19.8. The molecule has 0 heterocycles. The van der Waals surface area contributed by atoms with Gasteiger partial charge in [-0.05, 0) is 61.3 Å². The van der Waals surface area contributed by atoms with Crippen molar-refractivity contribution < 1.29 is 0 Å². The molecule has 0 fully saturated rings.